The summed E-state index contributed by atoms with van der Waals surface area (Å²) in [5.41, 5.74) is 0.615. The maximum Gasteiger partial charge on any atom is 0.254 e. The number of nitrogens with zero attached hydrogens (tertiary/aromatic N) is 1. The van der Waals surface area contributed by atoms with Crippen LogP contribution < -0.4 is 10.1 Å². The van der Waals surface area contributed by atoms with Crippen LogP contribution in [-0.2, 0) is 4.79 Å². The second kappa shape index (κ2) is 6.59. The van der Waals surface area contributed by atoms with E-state index in [2.05, 4.69) is 5.32 Å². The number of para-hydroxylation sites is 1. The first-order valence-electron chi connectivity index (χ1n) is 8.60. The minimum Gasteiger partial charge on any atom is -0.457 e. The van der Waals surface area contributed by atoms with E-state index in [-0.39, 0.29) is 23.8 Å². The second-order valence-corrected chi connectivity index (χ2v) is 6.62. The summed E-state index contributed by atoms with van der Waals surface area (Å²) in [4.78, 5) is 26.2. The van der Waals surface area contributed by atoms with Gasteiger partial charge in [0.15, 0.2) is 0 Å². The molecular weight excluding hydrogens is 316 g/mol. The summed E-state index contributed by atoms with van der Waals surface area (Å²) in [5.74, 6) is 1.71. The zero-order valence-electron chi connectivity index (χ0n) is 13.9. The number of hydrogen-bond donors (Lipinski definition) is 1. The maximum atomic E-state index is 12.8. The van der Waals surface area contributed by atoms with Gasteiger partial charge >= 0.3 is 0 Å². The third-order valence-corrected chi connectivity index (χ3v) is 4.88. The molecule has 2 aliphatic heterocycles. The fraction of sp³-hybridized carbons (Fsp3) is 0.300. The highest BCUT2D eigenvalue weighted by molar-refractivity contribution is 5.94. The Kier molecular flexibility index (Phi) is 4.14. The number of carbonyl (C=O) groups excluding carboxylic acids is 2. The van der Waals surface area contributed by atoms with Crippen molar-refractivity contribution < 1.29 is 14.3 Å². The zero-order chi connectivity index (χ0) is 17.2. The molecule has 0 radical (unpaired) electrons. The highest BCUT2D eigenvalue weighted by Crippen LogP contribution is 2.27. The average molecular weight is 336 g/mol. The molecule has 0 aliphatic carbocycles. The molecule has 2 aromatic carbocycles. The van der Waals surface area contributed by atoms with E-state index in [1.807, 2.05) is 53.4 Å². The Labute approximate surface area is 146 Å². The van der Waals surface area contributed by atoms with Crippen LogP contribution in [0.2, 0.25) is 0 Å². The number of ether oxygens (including phenoxy) is 1. The van der Waals surface area contributed by atoms with Gasteiger partial charge in [0.1, 0.15) is 11.5 Å². The predicted octanol–water partition coefficient (Wildman–Crippen LogP) is 2.83. The average Bonchev–Trinajstić information content (AvgIpc) is 3.01. The van der Waals surface area contributed by atoms with Gasteiger partial charge in [0.2, 0.25) is 5.91 Å². The van der Waals surface area contributed by atoms with Crippen LogP contribution in [0.15, 0.2) is 54.6 Å². The van der Waals surface area contributed by atoms with Gasteiger partial charge < -0.3 is 15.0 Å². The number of piperidine rings is 1. The molecule has 2 aliphatic rings. The number of amides is 2. The van der Waals surface area contributed by atoms with Gasteiger partial charge in [-0.3, -0.25) is 9.59 Å². The van der Waals surface area contributed by atoms with Crippen molar-refractivity contribution in [3.8, 4) is 11.5 Å². The summed E-state index contributed by atoms with van der Waals surface area (Å²) in [6, 6.07) is 17.0. The number of carbonyl (C=O) groups is 2. The standard InChI is InChI=1S/C20H20N2O3/c23-19-12-15-13-22(10-9-18(15)21-19)20(24)14-5-4-8-17(11-14)25-16-6-2-1-3-7-16/h1-8,11,15,18H,9-10,12-13H2,(H,21,23)/t15-,18+/m1/s1. The normalized spacial score (nSPS) is 22.2. The van der Waals surface area contributed by atoms with Crippen molar-refractivity contribution >= 4 is 11.8 Å². The molecule has 4 rings (SSSR count). The Morgan fingerprint density at radius 2 is 1.88 bits per heavy atom. The van der Waals surface area contributed by atoms with Crippen molar-refractivity contribution in [1.82, 2.24) is 10.2 Å². The van der Waals surface area contributed by atoms with E-state index < -0.39 is 0 Å². The van der Waals surface area contributed by atoms with Crippen molar-refractivity contribution in [3.63, 3.8) is 0 Å². The number of likely N-dealkylation sites (tertiary alicyclic amines) is 1. The third-order valence-electron chi connectivity index (χ3n) is 4.88. The number of fused-ring (bicyclic) bond motifs is 1. The van der Waals surface area contributed by atoms with Gasteiger partial charge in [-0.15, -0.1) is 0 Å². The van der Waals surface area contributed by atoms with Gasteiger partial charge in [-0.05, 0) is 36.8 Å². The van der Waals surface area contributed by atoms with E-state index in [0.29, 0.717) is 30.8 Å². The molecule has 2 amide bonds. The van der Waals surface area contributed by atoms with Crippen LogP contribution in [0.25, 0.3) is 0 Å². The van der Waals surface area contributed by atoms with E-state index >= 15 is 0 Å². The van der Waals surface area contributed by atoms with Gasteiger partial charge in [-0.1, -0.05) is 24.3 Å². The summed E-state index contributed by atoms with van der Waals surface area (Å²) in [7, 11) is 0. The lowest BCUT2D eigenvalue weighted by atomic mass is 9.93. The summed E-state index contributed by atoms with van der Waals surface area (Å²) in [5, 5.41) is 2.99. The highest BCUT2D eigenvalue weighted by Gasteiger charge is 2.38. The minimum absolute atomic E-state index is 0.00342. The molecule has 0 bridgehead atoms. The first-order chi connectivity index (χ1) is 12.2. The smallest absolute Gasteiger partial charge is 0.254 e. The third kappa shape index (κ3) is 3.36. The molecule has 5 heteroatoms. The second-order valence-electron chi connectivity index (χ2n) is 6.62. The molecular formula is C20H20N2O3. The van der Waals surface area contributed by atoms with Crippen molar-refractivity contribution in [2.24, 2.45) is 5.92 Å². The Morgan fingerprint density at radius 1 is 1.08 bits per heavy atom. The number of rotatable bonds is 3. The Hall–Kier alpha value is -2.82. The van der Waals surface area contributed by atoms with Gasteiger partial charge in [0, 0.05) is 37.0 Å². The molecule has 5 nitrogen and oxygen atoms in total. The van der Waals surface area contributed by atoms with Crippen LogP contribution in [0.3, 0.4) is 0 Å². The topological polar surface area (TPSA) is 58.6 Å². The van der Waals surface area contributed by atoms with Crippen molar-refractivity contribution in [3.05, 3.63) is 60.2 Å². The number of benzene rings is 2. The van der Waals surface area contributed by atoms with Crippen molar-refractivity contribution in [2.45, 2.75) is 18.9 Å². The number of hydrogen-bond acceptors (Lipinski definition) is 3. The molecule has 2 aromatic rings. The van der Waals surface area contributed by atoms with Crippen LogP contribution in [0, 0.1) is 5.92 Å². The molecule has 0 spiro atoms. The lowest BCUT2D eigenvalue weighted by molar-refractivity contribution is -0.119. The van der Waals surface area contributed by atoms with Gasteiger partial charge in [-0.2, -0.15) is 0 Å². The molecule has 1 N–H and O–H groups in total. The van der Waals surface area contributed by atoms with E-state index in [9.17, 15) is 9.59 Å². The van der Waals surface area contributed by atoms with Crippen LogP contribution >= 0.6 is 0 Å². The van der Waals surface area contributed by atoms with Crippen LogP contribution in [0.4, 0.5) is 0 Å². The zero-order valence-corrected chi connectivity index (χ0v) is 13.9. The van der Waals surface area contributed by atoms with E-state index in [4.69, 9.17) is 4.74 Å². The van der Waals surface area contributed by atoms with Gasteiger partial charge in [0.05, 0.1) is 0 Å². The molecule has 128 valence electrons. The van der Waals surface area contributed by atoms with E-state index in [0.717, 1.165) is 12.2 Å². The van der Waals surface area contributed by atoms with Crippen LogP contribution in [0.1, 0.15) is 23.2 Å². The molecule has 2 heterocycles. The van der Waals surface area contributed by atoms with Crippen LogP contribution in [0.5, 0.6) is 11.5 Å². The van der Waals surface area contributed by atoms with Gasteiger partial charge in [-0.25, -0.2) is 0 Å². The maximum absolute atomic E-state index is 12.8. The number of nitrogens with one attached hydrogen (secondary N) is 1. The van der Waals surface area contributed by atoms with E-state index in [1.54, 1.807) is 6.07 Å². The fourth-order valence-electron chi connectivity index (χ4n) is 3.62. The Morgan fingerprint density at radius 3 is 2.72 bits per heavy atom. The van der Waals surface area contributed by atoms with Gasteiger partial charge in [0.25, 0.3) is 5.91 Å². The molecule has 2 fully saturated rings. The molecule has 25 heavy (non-hydrogen) atoms. The van der Waals surface area contributed by atoms with Crippen molar-refractivity contribution in [2.75, 3.05) is 13.1 Å². The quantitative estimate of drug-likeness (QED) is 0.938. The summed E-state index contributed by atoms with van der Waals surface area (Å²) < 4.78 is 5.81. The first kappa shape index (κ1) is 15.7. The Balaban J connectivity index is 1.47. The minimum atomic E-state index is -0.00342. The Bertz CT molecular complexity index is 791. The highest BCUT2D eigenvalue weighted by atomic mass is 16.5. The SMILES string of the molecule is O=C1C[C@@H]2CN(C(=O)c3cccc(Oc4ccccc4)c3)CC[C@@H]2N1. The molecule has 0 saturated carbocycles. The van der Waals surface area contributed by atoms with Crippen molar-refractivity contribution in [1.29, 1.82) is 0 Å². The molecule has 0 unspecified atom stereocenters. The van der Waals surface area contributed by atoms with Crippen LogP contribution in [-0.4, -0.2) is 35.8 Å². The predicted molar refractivity (Wildman–Crippen MR) is 93.5 cm³/mol. The molecule has 0 aromatic heterocycles. The molecule has 2 saturated heterocycles. The summed E-state index contributed by atoms with van der Waals surface area (Å²) in [6.45, 7) is 1.30. The first-order valence-corrected chi connectivity index (χ1v) is 8.60. The monoisotopic (exact) mass is 336 g/mol. The fourth-order valence-corrected chi connectivity index (χ4v) is 3.62. The largest absolute Gasteiger partial charge is 0.457 e. The molecule has 2 atom stereocenters. The lowest BCUT2D eigenvalue weighted by Gasteiger charge is -2.34. The van der Waals surface area contributed by atoms with E-state index in [1.165, 1.54) is 0 Å². The lowest BCUT2D eigenvalue weighted by Crippen LogP contribution is -2.47. The summed E-state index contributed by atoms with van der Waals surface area (Å²) >= 11 is 0. The summed E-state index contributed by atoms with van der Waals surface area (Å²) in [6.07, 6.45) is 1.34.